The second-order valence-corrected chi connectivity index (χ2v) is 3.84. The summed E-state index contributed by atoms with van der Waals surface area (Å²) in [6, 6.07) is 5.39. The van der Waals surface area contributed by atoms with Crippen LogP contribution in [0.15, 0.2) is 18.2 Å². The quantitative estimate of drug-likeness (QED) is 0.716. The van der Waals surface area contributed by atoms with Gasteiger partial charge in [-0.2, -0.15) is 0 Å². The summed E-state index contributed by atoms with van der Waals surface area (Å²) in [5.74, 6) is -0.334. The maximum absolute atomic E-state index is 11.8. The molecule has 0 bridgehead atoms. The molecule has 3 heteroatoms. The molecule has 84 valence electrons. The first-order chi connectivity index (χ1) is 7.74. The highest BCUT2D eigenvalue weighted by atomic mass is 16.5. The van der Waals surface area contributed by atoms with Gasteiger partial charge in [0.2, 0.25) is 0 Å². The van der Waals surface area contributed by atoms with Crippen LogP contribution in [0.25, 0.3) is 0 Å². The molecule has 0 spiro atoms. The van der Waals surface area contributed by atoms with Crippen LogP contribution in [-0.2, 0) is 11.2 Å². The molecule has 0 N–H and O–H groups in total. The highest BCUT2D eigenvalue weighted by molar-refractivity contribution is 6.08. The van der Waals surface area contributed by atoms with Gasteiger partial charge in [0.05, 0.1) is 12.2 Å². The van der Waals surface area contributed by atoms with Crippen LogP contribution >= 0.6 is 0 Å². The number of carbonyl (C=O) groups excluding carboxylic acids is 2. The van der Waals surface area contributed by atoms with Crippen LogP contribution in [0.4, 0.5) is 0 Å². The number of esters is 1. The Labute approximate surface area is 94.4 Å². The van der Waals surface area contributed by atoms with E-state index >= 15 is 0 Å². The smallest absolute Gasteiger partial charge is 0.338 e. The molecule has 0 atom stereocenters. The number of carbonyl (C=O) groups is 2. The summed E-state index contributed by atoms with van der Waals surface area (Å²) in [5.41, 5.74) is 1.97. The van der Waals surface area contributed by atoms with Gasteiger partial charge < -0.3 is 4.74 Å². The van der Waals surface area contributed by atoms with Crippen molar-refractivity contribution in [1.29, 1.82) is 0 Å². The lowest BCUT2D eigenvalue weighted by Gasteiger charge is -2.17. The first-order valence-electron chi connectivity index (χ1n) is 5.56. The Morgan fingerprint density at radius 1 is 1.38 bits per heavy atom. The number of benzene rings is 1. The molecule has 0 aliphatic heterocycles. The zero-order valence-electron chi connectivity index (χ0n) is 9.29. The van der Waals surface area contributed by atoms with Gasteiger partial charge in [-0.3, -0.25) is 4.79 Å². The average molecular weight is 218 g/mol. The fourth-order valence-electron chi connectivity index (χ4n) is 2.08. The average Bonchev–Trinajstić information content (AvgIpc) is 2.29. The van der Waals surface area contributed by atoms with Crippen LogP contribution in [0.1, 0.15) is 46.0 Å². The lowest BCUT2D eigenvalue weighted by atomic mass is 9.87. The van der Waals surface area contributed by atoms with Crippen LogP contribution < -0.4 is 0 Å². The van der Waals surface area contributed by atoms with Gasteiger partial charge in [-0.05, 0) is 31.4 Å². The zero-order valence-corrected chi connectivity index (χ0v) is 9.29. The van der Waals surface area contributed by atoms with Gasteiger partial charge in [-0.25, -0.2) is 4.79 Å². The van der Waals surface area contributed by atoms with E-state index < -0.39 is 5.97 Å². The van der Waals surface area contributed by atoms with Crippen LogP contribution in [0.3, 0.4) is 0 Å². The molecule has 0 amide bonds. The molecule has 1 aliphatic carbocycles. The van der Waals surface area contributed by atoms with Crippen molar-refractivity contribution >= 4 is 11.8 Å². The molecule has 2 rings (SSSR count). The molecule has 0 radical (unpaired) electrons. The number of fused-ring (bicyclic) bond motifs is 1. The number of ether oxygens (including phenoxy) is 1. The van der Waals surface area contributed by atoms with E-state index in [0.29, 0.717) is 24.2 Å². The Morgan fingerprint density at radius 2 is 2.19 bits per heavy atom. The predicted octanol–water partition coefficient (Wildman–Crippen LogP) is 2.38. The molecule has 0 unspecified atom stereocenters. The van der Waals surface area contributed by atoms with Crippen molar-refractivity contribution < 1.29 is 14.3 Å². The molecule has 0 aromatic heterocycles. The third kappa shape index (κ3) is 1.85. The van der Waals surface area contributed by atoms with E-state index in [1.807, 2.05) is 12.1 Å². The fraction of sp³-hybridized carbons (Fsp3) is 0.385. The minimum Gasteiger partial charge on any atom is -0.462 e. The number of rotatable bonds is 2. The predicted molar refractivity (Wildman–Crippen MR) is 59.7 cm³/mol. The number of ketones is 1. The zero-order chi connectivity index (χ0) is 11.5. The molecule has 0 saturated carbocycles. The Bertz CT molecular complexity index is 435. The van der Waals surface area contributed by atoms with Crippen molar-refractivity contribution in [2.45, 2.75) is 26.2 Å². The van der Waals surface area contributed by atoms with Gasteiger partial charge in [0.25, 0.3) is 0 Å². The molecular formula is C13H14O3. The largest absolute Gasteiger partial charge is 0.462 e. The Kier molecular flexibility index (Phi) is 3.04. The second kappa shape index (κ2) is 4.47. The van der Waals surface area contributed by atoms with Crippen molar-refractivity contribution in [1.82, 2.24) is 0 Å². The van der Waals surface area contributed by atoms with Crippen molar-refractivity contribution in [2.24, 2.45) is 0 Å². The first-order valence-corrected chi connectivity index (χ1v) is 5.56. The molecule has 0 saturated heterocycles. The van der Waals surface area contributed by atoms with Crippen LogP contribution in [0, 0.1) is 0 Å². The van der Waals surface area contributed by atoms with E-state index in [0.717, 1.165) is 18.4 Å². The van der Waals surface area contributed by atoms with Crippen molar-refractivity contribution in [3.63, 3.8) is 0 Å². The Balaban J connectivity index is 2.46. The van der Waals surface area contributed by atoms with Crippen LogP contribution in [0.2, 0.25) is 0 Å². The van der Waals surface area contributed by atoms with Crippen molar-refractivity contribution in [3.05, 3.63) is 34.9 Å². The Hall–Kier alpha value is -1.64. The third-order valence-corrected chi connectivity index (χ3v) is 2.77. The first kappa shape index (κ1) is 10.9. The second-order valence-electron chi connectivity index (χ2n) is 3.84. The summed E-state index contributed by atoms with van der Waals surface area (Å²) in [6.45, 7) is 2.09. The van der Waals surface area contributed by atoms with Gasteiger partial charge in [-0.15, -0.1) is 0 Å². The van der Waals surface area contributed by atoms with Crippen LogP contribution in [-0.4, -0.2) is 18.4 Å². The van der Waals surface area contributed by atoms with Gasteiger partial charge in [-0.1, -0.05) is 12.1 Å². The number of Topliss-reactive ketones (excluding diaryl/α,β-unsaturated/α-hetero) is 1. The maximum atomic E-state index is 11.8. The van der Waals surface area contributed by atoms with Crippen molar-refractivity contribution in [3.8, 4) is 0 Å². The summed E-state index contributed by atoms with van der Waals surface area (Å²) < 4.78 is 4.95. The minimum atomic E-state index is -0.394. The lowest BCUT2D eigenvalue weighted by Crippen LogP contribution is -2.17. The number of hydrogen-bond acceptors (Lipinski definition) is 3. The van der Waals surface area contributed by atoms with E-state index in [4.69, 9.17) is 4.74 Å². The van der Waals surface area contributed by atoms with Crippen LogP contribution in [0.5, 0.6) is 0 Å². The lowest BCUT2D eigenvalue weighted by molar-refractivity contribution is 0.0522. The molecule has 0 heterocycles. The topological polar surface area (TPSA) is 43.4 Å². The third-order valence-electron chi connectivity index (χ3n) is 2.77. The standard InChI is InChI=1S/C13H14O3/c1-2-16-13(15)10-7-3-5-9-6-4-8-11(14)12(9)10/h3,5,7H,2,4,6,8H2,1H3. The van der Waals surface area contributed by atoms with E-state index in [-0.39, 0.29) is 5.78 Å². The monoisotopic (exact) mass is 218 g/mol. The fourth-order valence-corrected chi connectivity index (χ4v) is 2.08. The summed E-state index contributed by atoms with van der Waals surface area (Å²) in [7, 11) is 0. The van der Waals surface area contributed by atoms with E-state index in [2.05, 4.69) is 0 Å². The molecule has 3 nitrogen and oxygen atoms in total. The van der Waals surface area contributed by atoms with Gasteiger partial charge in [0, 0.05) is 12.0 Å². The summed E-state index contributed by atoms with van der Waals surface area (Å²) in [4.78, 5) is 23.5. The van der Waals surface area contributed by atoms with Gasteiger partial charge in [0.1, 0.15) is 0 Å². The highest BCUT2D eigenvalue weighted by Gasteiger charge is 2.24. The number of hydrogen-bond donors (Lipinski definition) is 0. The molecule has 16 heavy (non-hydrogen) atoms. The Morgan fingerprint density at radius 3 is 2.94 bits per heavy atom. The summed E-state index contributed by atoms with van der Waals surface area (Å²) in [5, 5.41) is 0. The van der Waals surface area contributed by atoms with E-state index in [1.54, 1.807) is 13.0 Å². The van der Waals surface area contributed by atoms with E-state index in [1.165, 1.54) is 0 Å². The highest BCUT2D eigenvalue weighted by Crippen LogP contribution is 2.24. The minimum absolute atomic E-state index is 0.0601. The van der Waals surface area contributed by atoms with Gasteiger partial charge in [0.15, 0.2) is 5.78 Å². The maximum Gasteiger partial charge on any atom is 0.338 e. The molecule has 1 aromatic carbocycles. The van der Waals surface area contributed by atoms with Crippen molar-refractivity contribution in [2.75, 3.05) is 6.61 Å². The van der Waals surface area contributed by atoms with Gasteiger partial charge >= 0.3 is 5.97 Å². The normalized spacial score (nSPS) is 14.4. The molecular weight excluding hydrogens is 204 g/mol. The summed E-state index contributed by atoms with van der Waals surface area (Å²) in [6.07, 6.45) is 2.27. The number of aryl methyl sites for hydroxylation is 1. The molecule has 1 aromatic rings. The SMILES string of the molecule is CCOC(=O)c1cccc2c1C(=O)CCC2. The molecule has 1 aliphatic rings. The van der Waals surface area contributed by atoms with E-state index in [9.17, 15) is 9.59 Å². The molecule has 0 fully saturated rings. The summed E-state index contributed by atoms with van der Waals surface area (Å²) >= 11 is 0.